The quantitative estimate of drug-likeness (QED) is 0.693. The molecule has 1 saturated heterocycles. The van der Waals surface area contributed by atoms with E-state index in [1.165, 1.54) is 0 Å². The van der Waals surface area contributed by atoms with E-state index in [2.05, 4.69) is 29.1 Å². The van der Waals surface area contributed by atoms with Gasteiger partial charge in [-0.05, 0) is 39.8 Å². The summed E-state index contributed by atoms with van der Waals surface area (Å²) in [6.45, 7) is 6.11. The predicted molar refractivity (Wildman–Crippen MR) is 72.2 cm³/mol. The molecule has 0 spiro atoms. The summed E-state index contributed by atoms with van der Waals surface area (Å²) in [6.07, 6.45) is 2.23. The number of amides is 1. The normalized spacial score (nSPS) is 30.1. The Hall–Kier alpha value is -0.650. The first kappa shape index (κ1) is 13.8. The van der Waals surface area contributed by atoms with Gasteiger partial charge in [0.05, 0.1) is 0 Å². The first-order chi connectivity index (χ1) is 8.49. The molecule has 0 bridgehead atoms. The van der Waals surface area contributed by atoms with Crippen molar-refractivity contribution in [2.75, 3.05) is 40.3 Å². The highest BCUT2D eigenvalue weighted by atomic mass is 16.1. The van der Waals surface area contributed by atoms with Crippen molar-refractivity contribution < 1.29 is 4.79 Å². The van der Waals surface area contributed by atoms with Crippen LogP contribution in [0.3, 0.4) is 0 Å². The molecule has 2 fully saturated rings. The van der Waals surface area contributed by atoms with Gasteiger partial charge in [0.2, 0.25) is 5.91 Å². The number of hydrogen-bond donors (Lipinski definition) is 2. The summed E-state index contributed by atoms with van der Waals surface area (Å²) in [7, 11) is 4.01. The zero-order valence-electron chi connectivity index (χ0n) is 11.8. The highest BCUT2D eigenvalue weighted by Gasteiger charge is 2.50. The Morgan fingerprint density at radius 2 is 2.11 bits per heavy atom. The number of nitrogens with two attached hydrogens (primary N) is 1. The monoisotopic (exact) mass is 254 g/mol. The van der Waals surface area contributed by atoms with Crippen LogP contribution in [0.15, 0.2) is 0 Å². The molecule has 0 aromatic heterocycles. The van der Waals surface area contributed by atoms with Gasteiger partial charge in [0, 0.05) is 32.2 Å². The molecule has 104 valence electrons. The van der Waals surface area contributed by atoms with E-state index >= 15 is 0 Å². The van der Waals surface area contributed by atoms with Crippen LogP contribution in [0.4, 0.5) is 0 Å². The van der Waals surface area contributed by atoms with Crippen molar-refractivity contribution in [1.29, 1.82) is 0 Å². The summed E-state index contributed by atoms with van der Waals surface area (Å²) in [4.78, 5) is 16.6. The summed E-state index contributed by atoms with van der Waals surface area (Å²) in [5, 5.41) is 3.23. The largest absolute Gasteiger partial charge is 0.368 e. The number of nitrogens with zero attached hydrogens (tertiary/aromatic N) is 2. The fourth-order valence-electron chi connectivity index (χ4n) is 3.12. The Morgan fingerprint density at radius 1 is 1.44 bits per heavy atom. The van der Waals surface area contributed by atoms with Crippen molar-refractivity contribution in [3.05, 3.63) is 0 Å². The number of primary amides is 1. The third-order valence-electron chi connectivity index (χ3n) is 4.58. The van der Waals surface area contributed by atoms with Crippen molar-refractivity contribution in [2.24, 2.45) is 11.7 Å². The van der Waals surface area contributed by atoms with Crippen LogP contribution in [0.25, 0.3) is 0 Å². The van der Waals surface area contributed by atoms with E-state index in [9.17, 15) is 4.79 Å². The maximum atomic E-state index is 11.9. The topological polar surface area (TPSA) is 61.6 Å². The van der Waals surface area contributed by atoms with Crippen LogP contribution >= 0.6 is 0 Å². The summed E-state index contributed by atoms with van der Waals surface area (Å²) in [5.74, 6) is 0.227. The lowest BCUT2D eigenvalue weighted by Gasteiger charge is -2.43. The lowest BCUT2D eigenvalue weighted by Crippen LogP contribution is -2.65. The summed E-state index contributed by atoms with van der Waals surface area (Å²) < 4.78 is 0. The average molecular weight is 254 g/mol. The van der Waals surface area contributed by atoms with E-state index < -0.39 is 5.54 Å². The van der Waals surface area contributed by atoms with Crippen molar-refractivity contribution in [3.8, 4) is 0 Å². The minimum absolute atomic E-state index is 0.196. The molecule has 2 atom stereocenters. The zero-order chi connectivity index (χ0) is 13.3. The minimum Gasteiger partial charge on any atom is -0.368 e. The fraction of sp³-hybridized carbons (Fsp3) is 0.923. The second kappa shape index (κ2) is 5.15. The number of likely N-dealkylation sites (N-methyl/N-ethyl adjacent to an activating group) is 2. The molecule has 3 N–H and O–H groups in total. The molecule has 5 nitrogen and oxygen atoms in total. The van der Waals surface area contributed by atoms with E-state index in [0.29, 0.717) is 12.0 Å². The molecular formula is C13H26N4O. The maximum absolute atomic E-state index is 11.9. The van der Waals surface area contributed by atoms with Gasteiger partial charge < -0.3 is 16.0 Å². The number of piperazine rings is 1. The SMILES string of the molecule is CNC(CN1CCN(C)CC1C)(C(N)=O)C1CC1. The minimum atomic E-state index is -0.524. The fourth-order valence-corrected chi connectivity index (χ4v) is 3.12. The van der Waals surface area contributed by atoms with Crippen molar-refractivity contribution >= 4 is 5.91 Å². The Balaban J connectivity index is 2.07. The Morgan fingerprint density at radius 3 is 2.56 bits per heavy atom. The van der Waals surface area contributed by atoms with E-state index in [1.807, 2.05) is 7.05 Å². The van der Waals surface area contributed by atoms with Gasteiger partial charge in [-0.15, -0.1) is 0 Å². The van der Waals surface area contributed by atoms with Gasteiger partial charge in [0.15, 0.2) is 0 Å². The maximum Gasteiger partial charge on any atom is 0.239 e. The molecule has 1 amide bonds. The number of hydrogen-bond acceptors (Lipinski definition) is 4. The molecule has 0 aromatic rings. The molecule has 1 heterocycles. The van der Waals surface area contributed by atoms with Crippen LogP contribution < -0.4 is 11.1 Å². The zero-order valence-corrected chi connectivity index (χ0v) is 11.8. The van der Waals surface area contributed by atoms with E-state index in [-0.39, 0.29) is 5.91 Å². The highest BCUT2D eigenvalue weighted by Crippen LogP contribution is 2.40. The van der Waals surface area contributed by atoms with Gasteiger partial charge in [0.25, 0.3) is 0 Å². The van der Waals surface area contributed by atoms with E-state index in [4.69, 9.17) is 5.73 Å². The number of carbonyl (C=O) groups excluding carboxylic acids is 1. The first-order valence-electron chi connectivity index (χ1n) is 6.91. The second-order valence-electron chi connectivity index (χ2n) is 5.94. The first-order valence-corrected chi connectivity index (χ1v) is 6.91. The molecule has 0 aromatic carbocycles. The van der Waals surface area contributed by atoms with Gasteiger partial charge in [-0.25, -0.2) is 0 Å². The van der Waals surface area contributed by atoms with Crippen molar-refractivity contribution in [2.45, 2.75) is 31.3 Å². The molecule has 2 rings (SSSR count). The van der Waals surface area contributed by atoms with E-state index in [0.717, 1.165) is 39.0 Å². The molecule has 1 saturated carbocycles. The molecular weight excluding hydrogens is 228 g/mol. The Labute approximate surface area is 110 Å². The summed E-state index contributed by atoms with van der Waals surface area (Å²) in [5.41, 5.74) is 5.15. The van der Waals surface area contributed by atoms with Crippen LogP contribution in [-0.2, 0) is 4.79 Å². The molecule has 5 heteroatoms. The average Bonchev–Trinajstić information content (AvgIpc) is 3.12. The number of nitrogens with one attached hydrogen (secondary N) is 1. The summed E-state index contributed by atoms with van der Waals surface area (Å²) in [6, 6.07) is 0.481. The number of rotatable bonds is 5. The third-order valence-corrected chi connectivity index (χ3v) is 4.58. The van der Waals surface area contributed by atoms with E-state index in [1.54, 1.807) is 0 Å². The lowest BCUT2D eigenvalue weighted by molar-refractivity contribution is -0.126. The van der Waals surface area contributed by atoms with Gasteiger partial charge in [-0.3, -0.25) is 9.69 Å². The molecule has 0 radical (unpaired) electrons. The second-order valence-corrected chi connectivity index (χ2v) is 5.94. The van der Waals surface area contributed by atoms with Crippen molar-refractivity contribution in [3.63, 3.8) is 0 Å². The van der Waals surface area contributed by atoms with Crippen LogP contribution in [0, 0.1) is 5.92 Å². The third kappa shape index (κ3) is 2.53. The predicted octanol–water partition coefficient (Wildman–Crippen LogP) is -0.524. The molecule has 1 aliphatic heterocycles. The van der Waals surface area contributed by atoms with Gasteiger partial charge in [-0.2, -0.15) is 0 Å². The lowest BCUT2D eigenvalue weighted by atomic mass is 9.90. The van der Waals surface area contributed by atoms with Gasteiger partial charge in [0.1, 0.15) is 5.54 Å². The van der Waals surface area contributed by atoms with Gasteiger partial charge in [-0.1, -0.05) is 0 Å². The Kier molecular flexibility index (Phi) is 3.94. The molecule has 2 unspecified atom stereocenters. The molecule has 1 aliphatic carbocycles. The van der Waals surface area contributed by atoms with Crippen LogP contribution in [0.2, 0.25) is 0 Å². The van der Waals surface area contributed by atoms with Crippen LogP contribution in [0.1, 0.15) is 19.8 Å². The van der Waals surface area contributed by atoms with Crippen LogP contribution in [0.5, 0.6) is 0 Å². The molecule has 2 aliphatic rings. The van der Waals surface area contributed by atoms with Crippen molar-refractivity contribution in [1.82, 2.24) is 15.1 Å². The van der Waals surface area contributed by atoms with Gasteiger partial charge >= 0.3 is 0 Å². The summed E-state index contributed by atoms with van der Waals surface area (Å²) >= 11 is 0. The Bertz CT molecular complexity index is 318. The smallest absolute Gasteiger partial charge is 0.239 e. The highest BCUT2D eigenvalue weighted by molar-refractivity contribution is 5.86. The number of carbonyl (C=O) groups is 1. The van der Waals surface area contributed by atoms with Crippen LogP contribution in [-0.4, -0.2) is 67.6 Å². The standard InChI is InChI=1S/C13H26N4O/c1-10-8-16(3)6-7-17(10)9-13(15-2,12(14)18)11-4-5-11/h10-11,15H,4-9H2,1-3H3,(H2,14,18). The molecule has 18 heavy (non-hydrogen) atoms.